The predicted octanol–water partition coefficient (Wildman–Crippen LogP) is 4.66. The van der Waals surface area contributed by atoms with Crippen molar-refractivity contribution in [2.45, 2.75) is 19.4 Å². The molecule has 1 aliphatic rings. The van der Waals surface area contributed by atoms with Gasteiger partial charge in [-0.3, -0.25) is 9.89 Å². The highest BCUT2D eigenvalue weighted by Crippen LogP contribution is 2.45. The normalized spacial score (nSPS) is 13.6. The number of nitrogens with zero attached hydrogens (tertiary/aromatic N) is 1. The molecule has 1 aromatic heterocycles. The van der Waals surface area contributed by atoms with E-state index >= 15 is 0 Å². The fourth-order valence-electron chi connectivity index (χ4n) is 3.15. The third-order valence-electron chi connectivity index (χ3n) is 4.28. The highest BCUT2D eigenvalue weighted by molar-refractivity contribution is 6.05. The number of hydrogen-bond donors (Lipinski definition) is 2. The number of anilines is 1. The molecule has 8 heteroatoms. The third kappa shape index (κ3) is 3.14. The minimum absolute atomic E-state index is 0. The summed E-state index contributed by atoms with van der Waals surface area (Å²) in [6.45, 7) is 3.65. The Labute approximate surface area is 160 Å². The van der Waals surface area contributed by atoms with Crippen molar-refractivity contribution in [2.24, 2.45) is 0 Å². The summed E-state index contributed by atoms with van der Waals surface area (Å²) in [5.74, 6) is -1.50. The minimum atomic E-state index is -0.858. The zero-order valence-corrected chi connectivity index (χ0v) is 15.3. The van der Waals surface area contributed by atoms with Gasteiger partial charge in [-0.25, -0.2) is 8.78 Å². The second kappa shape index (κ2) is 6.66. The Morgan fingerprint density at radius 3 is 2.67 bits per heavy atom. The number of aromatic amines is 1. The minimum Gasteiger partial charge on any atom is -0.482 e. The van der Waals surface area contributed by atoms with Gasteiger partial charge in [0.2, 0.25) is 0 Å². The van der Waals surface area contributed by atoms with Gasteiger partial charge in [-0.1, -0.05) is 12.1 Å². The third-order valence-corrected chi connectivity index (χ3v) is 4.28. The van der Waals surface area contributed by atoms with Crippen LogP contribution >= 0.6 is 12.4 Å². The fraction of sp³-hybridized carbons (Fsp3) is 0.158. The molecule has 3 aromatic rings. The van der Waals surface area contributed by atoms with Crippen LogP contribution in [-0.4, -0.2) is 16.1 Å². The van der Waals surface area contributed by atoms with Crippen molar-refractivity contribution in [3.05, 3.63) is 65.4 Å². The van der Waals surface area contributed by atoms with E-state index in [0.717, 1.165) is 11.6 Å². The molecule has 0 bridgehead atoms. The summed E-state index contributed by atoms with van der Waals surface area (Å²) in [6, 6.07) is 10.4. The van der Waals surface area contributed by atoms with E-state index in [1.54, 1.807) is 0 Å². The molecule has 0 fully saturated rings. The largest absolute Gasteiger partial charge is 0.482 e. The van der Waals surface area contributed by atoms with Crippen LogP contribution in [0.4, 0.5) is 14.5 Å². The highest BCUT2D eigenvalue weighted by atomic mass is 35.5. The lowest BCUT2D eigenvalue weighted by molar-refractivity contribution is 0.0950. The van der Waals surface area contributed by atoms with Crippen LogP contribution in [-0.2, 0) is 5.60 Å². The molecule has 0 radical (unpaired) electrons. The Balaban J connectivity index is 0.00000210. The molecule has 0 aliphatic carbocycles. The molecule has 5 nitrogen and oxygen atoms in total. The molecule has 2 aromatic carbocycles. The van der Waals surface area contributed by atoms with Crippen LogP contribution in [0, 0.1) is 11.6 Å². The van der Waals surface area contributed by atoms with Crippen LogP contribution < -0.4 is 10.1 Å². The van der Waals surface area contributed by atoms with Crippen LogP contribution in [0.5, 0.6) is 5.75 Å². The molecule has 0 saturated carbocycles. The van der Waals surface area contributed by atoms with Crippen molar-refractivity contribution in [1.82, 2.24) is 10.2 Å². The van der Waals surface area contributed by atoms with Crippen molar-refractivity contribution in [3.63, 3.8) is 0 Å². The molecule has 1 amide bonds. The standard InChI is InChI=1S/C19H15F2N3O2.ClH/c1-19(2)15-16(11-5-3-4-6-14(11)26-19)23-24-17(15)18(25)22-13-8-7-10(20)9-12(13)21;/h3-9H,1-2H3,(H,22,25)(H,23,24);1H. The average molecular weight is 392 g/mol. The number of halogens is 3. The molecule has 2 heterocycles. The number of nitrogens with one attached hydrogen (secondary N) is 2. The van der Waals surface area contributed by atoms with Crippen LogP contribution in [0.3, 0.4) is 0 Å². The first-order chi connectivity index (χ1) is 12.4. The molecule has 0 spiro atoms. The van der Waals surface area contributed by atoms with Gasteiger partial charge in [0.1, 0.15) is 23.0 Å². The summed E-state index contributed by atoms with van der Waals surface area (Å²) in [4.78, 5) is 12.7. The first-order valence-electron chi connectivity index (χ1n) is 8.00. The van der Waals surface area contributed by atoms with Gasteiger partial charge in [-0.2, -0.15) is 5.10 Å². The zero-order chi connectivity index (χ0) is 18.5. The van der Waals surface area contributed by atoms with Gasteiger partial charge < -0.3 is 10.1 Å². The van der Waals surface area contributed by atoms with Gasteiger partial charge in [-0.05, 0) is 38.1 Å². The Bertz CT molecular complexity index is 1030. The lowest BCUT2D eigenvalue weighted by Crippen LogP contribution is -2.31. The van der Waals surface area contributed by atoms with E-state index in [-0.39, 0.29) is 23.8 Å². The first kappa shape index (κ1) is 18.8. The maximum Gasteiger partial charge on any atom is 0.276 e. The van der Waals surface area contributed by atoms with Crippen LogP contribution in [0.1, 0.15) is 29.9 Å². The Kier molecular flexibility index (Phi) is 4.65. The summed E-state index contributed by atoms with van der Waals surface area (Å²) in [5, 5.41) is 9.44. The van der Waals surface area contributed by atoms with Gasteiger partial charge in [0.25, 0.3) is 5.91 Å². The van der Waals surface area contributed by atoms with E-state index in [2.05, 4.69) is 15.5 Å². The lowest BCUT2D eigenvalue weighted by Gasteiger charge is -2.32. The number of amides is 1. The number of ether oxygens (including phenoxy) is 1. The number of hydrogen-bond acceptors (Lipinski definition) is 3. The van der Waals surface area contributed by atoms with Gasteiger partial charge in [0, 0.05) is 11.6 Å². The topological polar surface area (TPSA) is 67.0 Å². The summed E-state index contributed by atoms with van der Waals surface area (Å²) in [5.41, 5.74) is 1.22. The predicted molar refractivity (Wildman–Crippen MR) is 99.2 cm³/mol. The van der Waals surface area contributed by atoms with Crippen molar-refractivity contribution in [1.29, 1.82) is 0 Å². The molecule has 1 aliphatic heterocycles. The van der Waals surface area contributed by atoms with Crippen molar-refractivity contribution >= 4 is 24.0 Å². The number of fused-ring (bicyclic) bond motifs is 3. The molecule has 0 saturated heterocycles. The number of carbonyl (C=O) groups is 1. The van der Waals surface area contributed by atoms with Crippen molar-refractivity contribution < 1.29 is 18.3 Å². The average Bonchev–Trinajstić information content (AvgIpc) is 3.04. The molecule has 0 atom stereocenters. The fourth-order valence-corrected chi connectivity index (χ4v) is 3.15. The monoisotopic (exact) mass is 391 g/mol. The lowest BCUT2D eigenvalue weighted by atomic mass is 9.89. The Morgan fingerprint density at radius 2 is 1.93 bits per heavy atom. The number of H-pyrrole nitrogens is 1. The molecule has 4 rings (SSSR count). The number of carbonyl (C=O) groups excluding carboxylic acids is 1. The smallest absolute Gasteiger partial charge is 0.276 e. The molecular formula is C19H16ClF2N3O2. The van der Waals surface area contributed by atoms with Crippen LogP contribution in [0.25, 0.3) is 11.3 Å². The highest BCUT2D eigenvalue weighted by Gasteiger charge is 2.39. The van der Waals surface area contributed by atoms with E-state index in [1.807, 2.05) is 38.1 Å². The summed E-state index contributed by atoms with van der Waals surface area (Å²) in [7, 11) is 0. The number of benzene rings is 2. The summed E-state index contributed by atoms with van der Waals surface area (Å²) >= 11 is 0. The molecule has 0 unspecified atom stereocenters. The van der Waals surface area contributed by atoms with Gasteiger partial charge in [0.15, 0.2) is 5.69 Å². The van der Waals surface area contributed by atoms with E-state index in [9.17, 15) is 13.6 Å². The van der Waals surface area contributed by atoms with Crippen molar-refractivity contribution in [2.75, 3.05) is 5.32 Å². The van der Waals surface area contributed by atoms with E-state index < -0.39 is 23.1 Å². The van der Waals surface area contributed by atoms with E-state index in [1.165, 1.54) is 6.07 Å². The van der Waals surface area contributed by atoms with Crippen LogP contribution in [0.2, 0.25) is 0 Å². The Morgan fingerprint density at radius 1 is 1.19 bits per heavy atom. The number of para-hydroxylation sites is 1. The first-order valence-corrected chi connectivity index (χ1v) is 8.00. The summed E-state index contributed by atoms with van der Waals surface area (Å²) in [6.07, 6.45) is 0. The maximum atomic E-state index is 13.8. The van der Waals surface area contributed by atoms with Crippen molar-refractivity contribution in [3.8, 4) is 17.0 Å². The number of aromatic nitrogens is 2. The summed E-state index contributed by atoms with van der Waals surface area (Å²) < 4.78 is 32.9. The molecular weight excluding hydrogens is 376 g/mol. The second-order valence-electron chi connectivity index (χ2n) is 6.51. The molecule has 2 N–H and O–H groups in total. The number of rotatable bonds is 2. The van der Waals surface area contributed by atoms with E-state index in [0.29, 0.717) is 23.1 Å². The van der Waals surface area contributed by atoms with Gasteiger partial charge in [0.05, 0.1) is 16.9 Å². The SMILES string of the molecule is CC1(C)Oc2ccccc2-c2[nH]nc(C(=O)Nc3ccc(F)cc3F)c21.Cl. The van der Waals surface area contributed by atoms with E-state index in [4.69, 9.17) is 4.74 Å². The quantitative estimate of drug-likeness (QED) is 0.667. The molecule has 140 valence electrons. The second-order valence-corrected chi connectivity index (χ2v) is 6.51. The molecule has 27 heavy (non-hydrogen) atoms. The van der Waals surface area contributed by atoms with Gasteiger partial charge >= 0.3 is 0 Å². The maximum absolute atomic E-state index is 13.8. The Hall–Kier alpha value is -2.93. The van der Waals surface area contributed by atoms with Gasteiger partial charge in [-0.15, -0.1) is 12.4 Å². The zero-order valence-electron chi connectivity index (χ0n) is 14.5. The van der Waals surface area contributed by atoms with Crippen LogP contribution in [0.15, 0.2) is 42.5 Å².